The fourth-order valence-corrected chi connectivity index (χ4v) is 6.41. The van der Waals surface area contributed by atoms with Gasteiger partial charge in [-0.3, -0.25) is 9.97 Å². The zero-order valence-electron chi connectivity index (χ0n) is 24.5. The van der Waals surface area contributed by atoms with Gasteiger partial charge in [-0.25, -0.2) is 9.97 Å². The van der Waals surface area contributed by atoms with Gasteiger partial charge in [0.1, 0.15) is 12.5 Å². The van der Waals surface area contributed by atoms with E-state index in [0.29, 0.717) is 11.8 Å². The molecule has 0 atom stereocenters. The van der Waals surface area contributed by atoms with Crippen LogP contribution in [0.15, 0.2) is 155 Å². The van der Waals surface area contributed by atoms with Crippen LogP contribution in [-0.2, 0) is 0 Å². The SMILES string of the molecule is c1ccc2cc(-c3ccc4c(-c5cc(-c6ncco6)ccn5)c5ccccc5c(-c5cc(-c6ncco6)ccn5)c4c3)ccc2c1. The van der Waals surface area contributed by atoms with Gasteiger partial charge in [0.05, 0.1) is 23.8 Å². The highest BCUT2D eigenvalue weighted by molar-refractivity contribution is 6.21. The number of pyridine rings is 2. The quantitative estimate of drug-likeness (QED) is 0.185. The minimum atomic E-state index is 0.554. The van der Waals surface area contributed by atoms with Crippen molar-refractivity contribution < 1.29 is 8.83 Å². The Labute approximate surface area is 263 Å². The zero-order valence-corrected chi connectivity index (χ0v) is 24.5. The molecular formula is C40H24N4O2. The maximum Gasteiger partial charge on any atom is 0.225 e. The largest absolute Gasteiger partial charge is 0.445 e. The Bertz CT molecular complexity index is 2540. The predicted molar refractivity (Wildman–Crippen MR) is 182 cm³/mol. The lowest BCUT2D eigenvalue weighted by Crippen LogP contribution is -1.95. The minimum absolute atomic E-state index is 0.554. The Balaban J connectivity index is 1.36. The highest BCUT2D eigenvalue weighted by Crippen LogP contribution is 2.45. The van der Waals surface area contributed by atoms with Gasteiger partial charge in [0.25, 0.3) is 0 Å². The normalized spacial score (nSPS) is 11.5. The van der Waals surface area contributed by atoms with Crippen molar-refractivity contribution in [3.8, 4) is 56.6 Å². The van der Waals surface area contributed by atoms with Gasteiger partial charge in [-0.2, -0.15) is 0 Å². The summed E-state index contributed by atoms with van der Waals surface area (Å²) in [6.45, 7) is 0. The Hall–Kier alpha value is -6.40. The molecule has 0 N–H and O–H groups in total. The van der Waals surface area contributed by atoms with Crippen LogP contribution in [0.4, 0.5) is 0 Å². The van der Waals surface area contributed by atoms with Crippen LogP contribution in [0.25, 0.3) is 88.9 Å². The van der Waals surface area contributed by atoms with Crippen LogP contribution in [-0.4, -0.2) is 19.9 Å². The molecule has 216 valence electrons. The summed E-state index contributed by atoms with van der Waals surface area (Å²) in [5.74, 6) is 1.11. The van der Waals surface area contributed by atoms with E-state index in [1.807, 2.05) is 30.6 Å². The van der Waals surface area contributed by atoms with Crippen molar-refractivity contribution in [1.29, 1.82) is 0 Å². The van der Waals surface area contributed by atoms with E-state index in [-0.39, 0.29) is 0 Å². The van der Waals surface area contributed by atoms with Crippen LogP contribution in [0.1, 0.15) is 0 Å². The zero-order chi connectivity index (χ0) is 30.5. The van der Waals surface area contributed by atoms with Crippen molar-refractivity contribution >= 4 is 32.3 Å². The number of rotatable bonds is 5. The first-order valence-corrected chi connectivity index (χ1v) is 15.0. The fourth-order valence-electron chi connectivity index (χ4n) is 6.41. The molecule has 0 radical (unpaired) electrons. The molecular weight excluding hydrogens is 568 g/mol. The number of nitrogens with zero attached hydrogens (tertiary/aromatic N) is 4. The molecule has 0 aliphatic rings. The van der Waals surface area contributed by atoms with Crippen molar-refractivity contribution in [2.45, 2.75) is 0 Å². The molecule has 0 saturated heterocycles. The van der Waals surface area contributed by atoms with Gasteiger partial charge in [0.15, 0.2) is 0 Å². The number of oxazole rings is 2. The Morgan fingerprint density at radius 3 is 1.54 bits per heavy atom. The van der Waals surface area contributed by atoms with Gasteiger partial charge in [0, 0.05) is 34.6 Å². The van der Waals surface area contributed by atoms with E-state index in [1.54, 1.807) is 24.9 Å². The highest BCUT2D eigenvalue weighted by Gasteiger charge is 2.20. The molecule has 0 amide bonds. The molecule has 46 heavy (non-hydrogen) atoms. The van der Waals surface area contributed by atoms with Crippen LogP contribution in [0.3, 0.4) is 0 Å². The van der Waals surface area contributed by atoms with E-state index in [9.17, 15) is 0 Å². The molecule has 0 saturated carbocycles. The lowest BCUT2D eigenvalue weighted by atomic mass is 9.86. The van der Waals surface area contributed by atoms with Crippen LogP contribution in [0.2, 0.25) is 0 Å². The molecule has 4 aromatic heterocycles. The van der Waals surface area contributed by atoms with Crippen molar-refractivity contribution in [3.63, 3.8) is 0 Å². The molecule has 0 aliphatic carbocycles. The second-order valence-corrected chi connectivity index (χ2v) is 11.2. The van der Waals surface area contributed by atoms with Gasteiger partial charge >= 0.3 is 0 Å². The van der Waals surface area contributed by atoms with Gasteiger partial charge in [-0.15, -0.1) is 0 Å². The van der Waals surface area contributed by atoms with Crippen molar-refractivity contribution in [2.24, 2.45) is 0 Å². The Morgan fingerprint density at radius 2 is 0.913 bits per heavy atom. The van der Waals surface area contributed by atoms with Gasteiger partial charge < -0.3 is 8.83 Å². The third kappa shape index (κ3) is 4.35. The molecule has 9 aromatic rings. The average Bonchev–Trinajstić information content (AvgIpc) is 3.86. The number of hydrogen-bond donors (Lipinski definition) is 0. The topological polar surface area (TPSA) is 77.8 Å². The van der Waals surface area contributed by atoms with E-state index < -0.39 is 0 Å². The fraction of sp³-hybridized carbons (Fsp3) is 0. The van der Waals surface area contributed by atoms with E-state index >= 15 is 0 Å². The molecule has 0 unspecified atom stereocenters. The third-order valence-electron chi connectivity index (χ3n) is 8.50. The number of hydrogen-bond acceptors (Lipinski definition) is 6. The average molecular weight is 593 g/mol. The second kappa shape index (κ2) is 10.6. The monoisotopic (exact) mass is 592 g/mol. The molecule has 6 nitrogen and oxygen atoms in total. The summed E-state index contributed by atoms with van der Waals surface area (Å²) in [7, 11) is 0. The summed E-state index contributed by atoms with van der Waals surface area (Å²) >= 11 is 0. The summed E-state index contributed by atoms with van der Waals surface area (Å²) in [5.41, 5.74) is 7.74. The van der Waals surface area contributed by atoms with E-state index in [2.05, 4.69) is 101 Å². The van der Waals surface area contributed by atoms with Crippen LogP contribution >= 0.6 is 0 Å². The maximum absolute atomic E-state index is 5.66. The number of aromatic nitrogens is 4. The van der Waals surface area contributed by atoms with E-state index in [1.165, 1.54) is 10.8 Å². The molecule has 0 aliphatic heterocycles. The van der Waals surface area contributed by atoms with Crippen molar-refractivity contribution in [3.05, 3.63) is 147 Å². The molecule has 5 aromatic carbocycles. The highest BCUT2D eigenvalue weighted by atomic mass is 16.3. The first-order valence-electron chi connectivity index (χ1n) is 15.0. The molecule has 6 heteroatoms. The standard InChI is InChI=1S/C40H24N4O2/c1-2-6-26-21-27(10-9-25(26)5-1)28-11-12-33-34(22-28)38(36-24-30(14-16-42-36)40-44-18-20-46-40)32-8-4-3-7-31(32)37(33)35-23-29(13-15-41-35)39-43-17-19-45-39/h1-24H. The Kier molecular flexibility index (Phi) is 6.03. The first-order chi connectivity index (χ1) is 22.8. The molecule has 0 spiro atoms. The van der Waals surface area contributed by atoms with Crippen LogP contribution in [0, 0.1) is 0 Å². The van der Waals surface area contributed by atoms with Gasteiger partial charge in [-0.1, -0.05) is 72.8 Å². The summed E-state index contributed by atoms with van der Waals surface area (Å²) in [5, 5.41) is 6.70. The third-order valence-corrected chi connectivity index (χ3v) is 8.50. The number of benzene rings is 5. The molecule has 0 bridgehead atoms. The van der Waals surface area contributed by atoms with Crippen molar-refractivity contribution in [1.82, 2.24) is 19.9 Å². The molecule has 4 heterocycles. The van der Waals surface area contributed by atoms with Crippen molar-refractivity contribution in [2.75, 3.05) is 0 Å². The molecule has 9 rings (SSSR count). The van der Waals surface area contributed by atoms with Crippen LogP contribution < -0.4 is 0 Å². The molecule has 0 fully saturated rings. The minimum Gasteiger partial charge on any atom is -0.445 e. The summed E-state index contributed by atoms with van der Waals surface area (Å²) in [4.78, 5) is 18.6. The summed E-state index contributed by atoms with van der Waals surface area (Å²) in [6.07, 6.45) is 10.1. The predicted octanol–water partition coefficient (Wildman–Crippen LogP) is 10.2. The Morgan fingerprint density at radius 1 is 0.370 bits per heavy atom. The maximum atomic E-state index is 5.66. The van der Waals surface area contributed by atoms with Crippen LogP contribution in [0.5, 0.6) is 0 Å². The van der Waals surface area contributed by atoms with Gasteiger partial charge in [-0.05, 0) is 79.8 Å². The summed E-state index contributed by atoms with van der Waals surface area (Å²) in [6, 6.07) is 38.2. The first kappa shape index (κ1) is 26.0. The van der Waals surface area contributed by atoms with Gasteiger partial charge in [0.2, 0.25) is 11.8 Å². The lowest BCUT2D eigenvalue weighted by Gasteiger charge is -2.18. The summed E-state index contributed by atoms with van der Waals surface area (Å²) < 4.78 is 11.3. The number of fused-ring (bicyclic) bond motifs is 3. The van der Waals surface area contributed by atoms with E-state index in [4.69, 9.17) is 18.8 Å². The van der Waals surface area contributed by atoms with E-state index in [0.717, 1.165) is 66.3 Å². The lowest BCUT2D eigenvalue weighted by molar-refractivity contribution is 0.574. The smallest absolute Gasteiger partial charge is 0.225 e. The second-order valence-electron chi connectivity index (χ2n) is 11.2.